The van der Waals surface area contributed by atoms with Crippen molar-refractivity contribution in [3.05, 3.63) is 30.1 Å². The van der Waals surface area contributed by atoms with Crippen LogP contribution in [0.4, 0.5) is 0 Å². The molecule has 1 heterocycles. The van der Waals surface area contributed by atoms with Crippen LogP contribution in [0, 0.1) is 0 Å². The predicted molar refractivity (Wildman–Crippen MR) is 65.0 cm³/mol. The van der Waals surface area contributed by atoms with Crippen molar-refractivity contribution in [3.63, 3.8) is 0 Å². The summed E-state index contributed by atoms with van der Waals surface area (Å²) in [5.41, 5.74) is 6.99. The molecule has 2 N–H and O–H groups in total. The van der Waals surface area contributed by atoms with Gasteiger partial charge in [-0.2, -0.15) is 0 Å². The number of guanidine groups is 1. The lowest BCUT2D eigenvalue weighted by Gasteiger charge is -2.21. The Morgan fingerprint density at radius 3 is 2.94 bits per heavy atom. The topological polar surface area (TPSA) is 54.5 Å². The molecule has 0 radical (unpaired) electrons. The molecule has 0 saturated heterocycles. The van der Waals surface area contributed by atoms with E-state index in [2.05, 4.69) is 21.8 Å². The van der Waals surface area contributed by atoms with Gasteiger partial charge in [-0.3, -0.25) is 4.98 Å². The first-order valence-electron chi connectivity index (χ1n) is 5.77. The van der Waals surface area contributed by atoms with Gasteiger partial charge in [0.05, 0.1) is 18.3 Å². The van der Waals surface area contributed by atoms with Crippen molar-refractivity contribution in [3.8, 4) is 0 Å². The number of aromatic nitrogens is 1. The van der Waals surface area contributed by atoms with Crippen LogP contribution in [0.25, 0.3) is 0 Å². The molecule has 1 fully saturated rings. The van der Waals surface area contributed by atoms with Crippen molar-refractivity contribution in [1.82, 2.24) is 9.88 Å². The maximum Gasteiger partial charge on any atom is 0.191 e. The molecule has 1 aromatic rings. The summed E-state index contributed by atoms with van der Waals surface area (Å²) in [6, 6.07) is 6.39. The molecule has 0 amide bonds. The average molecular weight is 218 g/mol. The Hall–Kier alpha value is -1.58. The molecule has 1 aromatic heterocycles. The number of pyridine rings is 1. The molecule has 2 rings (SSSR count). The van der Waals surface area contributed by atoms with Crippen LogP contribution in [0.5, 0.6) is 0 Å². The van der Waals surface area contributed by atoms with E-state index in [1.165, 1.54) is 12.8 Å². The van der Waals surface area contributed by atoms with E-state index in [1.807, 2.05) is 18.2 Å². The van der Waals surface area contributed by atoms with Crippen molar-refractivity contribution < 1.29 is 0 Å². The molecule has 86 valence electrons. The highest BCUT2D eigenvalue weighted by atomic mass is 15.3. The van der Waals surface area contributed by atoms with Gasteiger partial charge in [-0.25, -0.2) is 4.99 Å². The Bertz CT molecular complexity index is 357. The van der Waals surface area contributed by atoms with Crippen molar-refractivity contribution >= 4 is 5.96 Å². The summed E-state index contributed by atoms with van der Waals surface area (Å²) in [6.45, 7) is 3.68. The van der Waals surface area contributed by atoms with Crippen LogP contribution in [0.15, 0.2) is 29.4 Å². The lowest BCUT2D eigenvalue weighted by Crippen LogP contribution is -2.37. The van der Waals surface area contributed by atoms with Gasteiger partial charge in [0, 0.05) is 12.7 Å². The number of hydrogen-bond donors (Lipinski definition) is 1. The van der Waals surface area contributed by atoms with E-state index in [0.717, 1.165) is 18.8 Å². The average Bonchev–Trinajstić information content (AvgIpc) is 3.11. The highest BCUT2D eigenvalue weighted by Gasteiger charge is 2.21. The maximum absolute atomic E-state index is 5.97. The fourth-order valence-electron chi connectivity index (χ4n) is 1.51. The Morgan fingerprint density at radius 1 is 1.56 bits per heavy atom. The first-order valence-corrected chi connectivity index (χ1v) is 5.77. The van der Waals surface area contributed by atoms with Crippen molar-refractivity contribution in [2.24, 2.45) is 10.7 Å². The molecule has 4 heteroatoms. The molecule has 0 unspecified atom stereocenters. The smallest absolute Gasteiger partial charge is 0.191 e. The van der Waals surface area contributed by atoms with Gasteiger partial charge >= 0.3 is 0 Å². The molecular formula is C12H18N4. The standard InChI is InChI=1S/C12H18N4/c1-2-16(12(13)15-10-6-7-10)9-11-5-3-4-8-14-11/h3-5,8,10H,2,6-7,9H2,1H3,(H2,13,15). The summed E-state index contributed by atoms with van der Waals surface area (Å²) in [5, 5.41) is 0. The third-order valence-corrected chi connectivity index (χ3v) is 2.65. The number of nitrogens with two attached hydrogens (primary N) is 1. The van der Waals surface area contributed by atoms with Crippen LogP contribution in [0.3, 0.4) is 0 Å². The second-order valence-electron chi connectivity index (χ2n) is 4.05. The maximum atomic E-state index is 5.97. The highest BCUT2D eigenvalue weighted by molar-refractivity contribution is 5.78. The van der Waals surface area contributed by atoms with Gasteiger partial charge in [0.2, 0.25) is 0 Å². The van der Waals surface area contributed by atoms with Crippen LogP contribution in [0.1, 0.15) is 25.5 Å². The van der Waals surface area contributed by atoms with Crippen molar-refractivity contribution in [2.45, 2.75) is 32.4 Å². The van der Waals surface area contributed by atoms with Gasteiger partial charge < -0.3 is 10.6 Å². The number of aliphatic imine (C=N–C) groups is 1. The second-order valence-corrected chi connectivity index (χ2v) is 4.05. The molecule has 0 atom stereocenters. The Kier molecular flexibility index (Phi) is 3.39. The van der Waals surface area contributed by atoms with Crippen LogP contribution in [-0.2, 0) is 6.54 Å². The van der Waals surface area contributed by atoms with E-state index < -0.39 is 0 Å². The molecule has 0 aliphatic heterocycles. The van der Waals surface area contributed by atoms with Gasteiger partial charge in [0.1, 0.15) is 0 Å². The predicted octanol–water partition coefficient (Wildman–Crippen LogP) is 1.38. The summed E-state index contributed by atoms with van der Waals surface area (Å²) in [4.78, 5) is 10.8. The Labute approximate surface area is 96.2 Å². The summed E-state index contributed by atoms with van der Waals surface area (Å²) in [7, 11) is 0. The van der Waals surface area contributed by atoms with Gasteiger partial charge in [0.25, 0.3) is 0 Å². The van der Waals surface area contributed by atoms with Crippen LogP contribution in [0.2, 0.25) is 0 Å². The van der Waals surface area contributed by atoms with Crippen molar-refractivity contribution in [2.75, 3.05) is 6.54 Å². The summed E-state index contributed by atoms with van der Waals surface area (Å²) >= 11 is 0. The van der Waals surface area contributed by atoms with E-state index in [4.69, 9.17) is 5.73 Å². The normalized spacial score (nSPS) is 16.2. The zero-order chi connectivity index (χ0) is 11.4. The molecule has 0 aromatic carbocycles. The van der Waals surface area contributed by atoms with E-state index in [-0.39, 0.29) is 0 Å². The van der Waals surface area contributed by atoms with E-state index >= 15 is 0 Å². The third kappa shape index (κ3) is 2.95. The van der Waals surface area contributed by atoms with E-state index in [9.17, 15) is 0 Å². The minimum atomic E-state index is 0.470. The molecule has 4 nitrogen and oxygen atoms in total. The van der Waals surface area contributed by atoms with E-state index in [1.54, 1.807) is 6.20 Å². The molecule has 0 spiro atoms. The number of hydrogen-bond acceptors (Lipinski definition) is 2. The quantitative estimate of drug-likeness (QED) is 0.613. The summed E-state index contributed by atoms with van der Waals surface area (Å²) in [5.74, 6) is 0.649. The minimum absolute atomic E-state index is 0.470. The zero-order valence-electron chi connectivity index (χ0n) is 9.63. The largest absolute Gasteiger partial charge is 0.370 e. The van der Waals surface area contributed by atoms with Crippen LogP contribution >= 0.6 is 0 Å². The monoisotopic (exact) mass is 218 g/mol. The number of nitrogens with zero attached hydrogens (tertiary/aromatic N) is 3. The first-order chi connectivity index (χ1) is 7.79. The van der Waals surface area contributed by atoms with Gasteiger partial charge in [-0.05, 0) is 31.9 Å². The molecular weight excluding hydrogens is 200 g/mol. The van der Waals surface area contributed by atoms with Crippen LogP contribution < -0.4 is 5.73 Å². The number of rotatable bonds is 4. The molecule has 0 bridgehead atoms. The van der Waals surface area contributed by atoms with Gasteiger partial charge in [-0.15, -0.1) is 0 Å². The Morgan fingerprint density at radius 2 is 2.38 bits per heavy atom. The van der Waals surface area contributed by atoms with Crippen molar-refractivity contribution in [1.29, 1.82) is 0 Å². The first kappa shape index (κ1) is 10.9. The van der Waals surface area contributed by atoms with Gasteiger partial charge in [-0.1, -0.05) is 6.07 Å². The zero-order valence-corrected chi connectivity index (χ0v) is 9.63. The van der Waals surface area contributed by atoms with E-state index in [0.29, 0.717) is 12.0 Å². The molecule has 1 aliphatic rings. The highest BCUT2D eigenvalue weighted by Crippen LogP contribution is 2.23. The summed E-state index contributed by atoms with van der Waals surface area (Å²) in [6.07, 6.45) is 4.17. The molecule has 1 saturated carbocycles. The SMILES string of the molecule is CCN(Cc1ccccn1)C(N)=NC1CC1. The summed E-state index contributed by atoms with van der Waals surface area (Å²) < 4.78 is 0. The lowest BCUT2D eigenvalue weighted by molar-refractivity contribution is 0.422. The third-order valence-electron chi connectivity index (χ3n) is 2.65. The second kappa shape index (κ2) is 4.96. The minimum Gasteiger partial charge on any atom is -0.370 e. The fraction of sp³-hybridized carbons (Fsp3) is 0.500. The van der Waals surface area contributed by atoms with Crippen LogP contribution in [-0.4, -0.2) is 28.4 Å². The Balaban J connectivity index is 1.99. The molecule has 16 heavy (non-hydrogen) atoms. The van der Waals surface area contributed by atoms with Gasteiger partial charge in [0.15, 0.2) is 5.96 Å². The lowest BCUT2D eigenvalue weighted by atomic mass is 10.3. The fourth-order valence-corrected chi connectivity index (χ4v) is 1.51. The molecule has 1 aliphatic carbocycles.